The van der Waals surface area contributed by atoms with E-state index >= 15 is 0 Å². The number of hydrogen-bond donors (Lipinski definition) is 0. The Morgan fingerprint density at radius 2 is 1.73 bits per heavy atom. The van der Waals surface area contributed by atoms with E-state index < -0.39 is 10.0 Å². The molecule has 0 aliphatic heterocycles. The number of rotatable bonds is 9. The monoisotopic (exact) mass is 277 g/mol. The number of hydrogen-bond acceptors (Lipinski definition) is 3. The van der Waals surface area contributed by atoms with Crippen LogP contribution in [0.1, 0.15) is 6.92 Å². The highest BCUT2D eigenvalue weighted by Gasteiger charge is 2.20. The normalized spacial score (nSPS) is 12.3. The molecule has 0 heterocycles. The molecular weight excluding hydrogens is 261 g/mol. The molecule has 0 radical (unpaired) electrons. The summed E-state index contributed by atoms with van der Waals surface area (Å²) in [5.41, 5.74) is 0. The van der Waals surface area contributed by atoms with Crippen molar-refractivity contribution in [1.82, 2.24) is 4.31 Å². The predicted molar refractivity (Wildman–Crippen MR) is 63.3 cm³/mol. The summed E-state index contributed by atoms with van der Waals surface area (Å²) in [5, 5.41) is 0. The Kier molecular flexibility index (Phi) is 8.84. The second-order valence-electron chi connectivity index (χ2n) is 2.79. The van der Waals surface area contributed by atoms with E-state index in [0.717, 1.165) is 0 Å². The fraction of sp³-hybridized carbons (Fsp3) is 1.00. The summed E-state index contributed by atoms with van der Waals surface area (Å²) in [4.78, 5) is 0. The molecule has 0 atom stereocenters. The zero-order valence-corrected chi connectivity index (χ0v) is 11.1. The Bertz CT molecular complexity index is 240. The van der Waals surface area contributed by atoms with E-state index in [4.69, 9.17) is 27.9 Å². The lowest BCUT2D eigenvalue weighted by Gasteiger charge is -2.19. The molecule has 0 N–H and O–H groups in total. The molecule has 92 valence electrons. The topological polar surface area (TPSA) is 46.6 Å². The van der Waals surface area contributed by atoms with Crippen LogP contribution in [0.15, 0.2) is 0 Å². The smallest absolute Gasteiger partial charge is 0.216 e. The Labute approximate surface area is 102 Å². The van der Waals surface area contributed by atoms with Crippen LogP contribution in [0.3, 0.4) is 0 Å². The van der Waals surface area contributed by atoms with Gasteiger partial charge in [0.15, 0.2) is 0 Å². The van der Waals surface area contributed by atoms with Gasteiger partial charge in [-0.3, -0.25) is 0 Å². The molecule has 7 heteroatoms. The lowest BCUT2D eigenvalue weighted by molar-refractivity contribution is 0.162. The first-order valence-corrected chi connectivity index (χ1v) is 7.43. The van der Waals surface area contributed by atoms with Crippen LogP contribution in [0.4, 0.5) is 0 Å². The predicted octanol–water partition coefficient (Wildman–Crippen LogP) is 1.13. The van der Waals surface area contributed by atoms with Gasteiger partial charge in [0.1, 0.15) is 0 Å². The Balaban J connectivity index is 4.22. The lowest BCUT2D eigenvalue weighted by Crippen LogP contribution is -2.37. The van der Waals surface area contributed by atoms with Gasteiger partial charge in [0, 0.05) is 31.5 Å². The number of alkyl halides is 2. The number of sulfonamides is 1. The van der Waals surface area contributed by atoms with Gasteiger partial charge in [0.25, 0.3) is 0 Å². The molecule has 0 unspecified atom stereocenters. The van der Waals surface area contributed by atoms with Gasteiger partial charge in [0.05, 0.1) is 12.4 Å². The molecule has 0 fully saturated rings. The number of ether oxygens (including phenoxy) is 1. The summed E-state index contributed by atoms with van der Waals surface area (Å²) in [7, 11) is -3.28. The van der Waals surface area contributed by atoms with E-state index in [2.05, 4.69) is 0 Å². The van der Waals surface area contributed by atoms with Crippen molar-refractivity contribution in [3.63, 3.8) is 0 Å². The first-order chi connectivity index (χ1) is 7.08. The third kappa shape index (κ3) is 6.58. The molecule has 15 heavy (non-hydrogen) atoms. The minimum Gasteiger partial charge on any atom is -0.381 e. The molecule has 0 rings (SSSR count). The minimum absolute atomic E-state index is 0.0192. The Morgan fingerprint density at radius 1 is 1.20 bits per heavy atom. The summed E-state index contributed by atoms with van der Waals surface area (Å²) in [5.74, 6) is 0.518. The molecule has 0 aromatic heterocycles. The van der Waals surface area contributed by atoms with E-state index in [1.54, 1.807) is 0 Å². The van der Waals surface area contributed by atoms with Gasteiger partial charge in [-0.15, -0.1) is 23.2 Å². The molecule has 0 aliphatic carbocycles. The van der Waals surface area contributed by atoms with Crippen molar-refractivity contribution in [3.8, 4) is 0 Å². The van der Waals surface area contributed by atoms with Gasteiger partial charge in [-0.25, -0.2) is 8.42 Å². The van der Waals surface area contributed by atoms with Gasteiger partial charge >= 0.3 is 0 Å². The first-order valence-electron chi connectivity index (χ1n) is 4.76. The van der Waals surface area contributed by atoms with Crippen LogP contribution >= 0.6 is 23.2 Å². The second-order valence-corrected chi connectivity index (χ2v) is 5.63. The molecule has 0 amide bonds. The number of halogens is 2. The zero-order valence-electron chi connectivity index (χ0n) is 8.79. The maximum Gasteiger partial charge on any atom is 0.216 e. The van der Waals surface area contributed by atoms with E-state index in [-0.39, 0.29) is 24.1 Å². The largest absolute Gasteiger partial charge is 0.381 e. The second kappa shape index (κ2) is 8.58. The van der Waals surface area contributed by atoms with E-state index in [1.807, 2.05) is 6.92 Å². The number of nitrogens with zero attached hydrogens (tertiary/aromatic N) is 1. The summed E-state index contributed by atoms with van der Waals surface area (Å²) in [6.45, 7) is 3.13. The highest BCUT2D eigenvalue weighted by atomic mass is 35.5. The van der Waals surface area contributed by atoms with Crippen LogP contribution < -0.4 is 0 Å². The van der Waals surface area contributed by atoms with Crippen molar-refractivity contribution in [1.29, 1.82) is 0 Å². The molecular formula is C8H17Cl2NO3S. The van der Waals surface area contributed by atoms with Gasteiger partial charge < -0.3 is 4.74 Å². The van der Waals surface area contributed by atoms with Crippen molar-refractivity contribution in [2.24, 2.45) is 0 Å². The Morgan fingerprint density at radius 3 is 2.13 bits per heavy atom. The van der Waals surface area contributed by atoms with E-state index in [9.17, 15) is 8.42 Å². The van der Waals surface area contributed by atoms with Crippen molar-refractivity contribution in [3.05, 3.63) is 0 Å². The van der Waals surface area contributed by atoms with E-state index in [0.29, 0.717) is 19.7 Å². The highest BCUT2D eigenvalue weighted by molar-refractivity contribution is 7.89. The van der Waals surface area contributed by atoms with Crippen LogP contribution in [0.5, 0.6) is 0 Å². The summed E-state index contributed by atoms with van der Waals surface area (Å²) < 4.78 is 29.7. The molecule has 4 nitrogen and oxygen atoms in total. The van der Waals surface area contributed by atoms with Crippen LogP contribution in [0.25, 0.3) is 0 Å². The molecule has 0 aromatic rings. The molecule has 0 aliphatic rings. The van der Waals surface area contributed by atoms with E-state index in [1.165, 1.54) is 4.31 Å². The summed E-state index contributed by atoms with van der Waals surface area (Å²) in [6, 6.07) is 0. The maximum atomic E-state index is 11.7. The average Bonchev–Trinajstić information content (AvgIpc) is 2.18. The van der Waals surface area contributed by atoms with Crippen LogP contribution in [0.2, 0.25) is 0 Å². The fourth-order valence-corrected chi connectivity index (χ4v) is 2.95. The van der Waals surface area contributed by atoms with Gasteiger partial charge in [-0.1, -0.05) is 0 Å². The van der Waals surface area contributed by atoms with Crippen molar-refractivity contribution >= 4 is 33.2 Å². The third-order valence-electron chi connectivity index (χ3n) is 1.75. The molecule has 0 bridgehead atoms. The van der Waals surface area contributed by atoms with Crippen molar-refractivity contribution in [2.45, 2.75) is 6.92 Å². The third-order valence-corrected chi connectivity index (χ3v) is 3.92. The Hall–Kier alpha value is 0.450. The zero-order chi connectivity index (χ0) is 11.7. The minimum atomic E-state index is -3.28. The first kappa shape index (κ1) is 15.4. The van der Waals surface area contributed by atoms with Gasteiger partial charge in [-0.2, -0.15) is 4.31 Å². The van der Waals surface area contributed by atoms with Crippen molar-refractivity contribution in [2.75, 3.05) is 43.8 Å². The van der Waals surface area contributed by atoms with Crippen LogP contribution in [-0.4, -0.2) is 56.5 Å². The quantitative estimate of drug-likeness (QED) is 0.469. The average molecular weight is 278 g/mol. The van der Waals surface area contributed by atoms with Crippen molar-refractivity contribution < 1.29 is 13.2 Å². The van der Waals surface area contributed by atoms with Crippen LogP contribution in [0, 0.1) is 0 Å². The molecule has 0 saturated heterocycles. The lowest BCUT2D eigenvalue weighted by atomic mass is 10.6. The molecule has 0 aromatic carbocycles. The summed E-state index contributed by atoms with van der Waals surface area (Å²) >= 11 is 11.0. The highest BCUT2D eigenvalue weighted by Crippen LogP contribution is 2.03. The van der Waals surface area contributed by atoms with Crippen LogP contribution in [-0.2, 0) is 14.8 Å². The fourth-order valence-electron chi connectivity index (χ4n) is 1.02. The van der Waals surface area contributed by atoms with Gasteiger partial charge in [-0.05, 0) is 6.92 Å². The SMILES string of the molecule is CCOCCS(=O)(=O)N(CCCl)CCCl. The molecule has 0 spiro atoms. The van der Waals surface area contributed by atoms with Gasteiger partial charge in [0.2, 0.25) is 10.0 Å². The standard InChI is InChI=1S/C8H17Cl2NO3S/c1-2-14-7-8-15(12,13)11(5-3-9)6-4-10/h2-8H2,1H3. The maximum absolute atomic E-state index is 11.7. The molecule has 0 saturated carbocycles. The summed E-state index contributed by atoms with van der Waals surface area (Å²) in [6.07, 6.45) is 0.